The molecule has 1 aromatic carbocycles. The lowest BCUT2D eigenvalue weighted by Gasteiger charge is -2.39. The molecule has 2 aliphatic heterocycles. The van der Waals surface area contributed by atoms with E-state index in [0.29, 0.717) is 11.5 Å². The molecule has 0 aliphatic carbocycles. The van der Waals surface area contributed by atoms with Crippen LogP contribution in [0.5, 0.6) is 0 Å². The van der Waals surface area contributed by atoms with Crippen molar-refractivity contribution in [3.05, 3.63) is 40.9 Å². The van der Waals surface area contributed by atoms with Crippen molar-refractivity contribution in [2.45, 2.75) is 18.2 Å². The lowest BCUT2D eigenvalue weighted by molar-refractivity contribution is -0.137. The van der Waals surface area contributed by atoms with Crippen molar-refractivity contribution in [2.24, 2.45) is 5.10 Å². The van der Waals surface area contributed by atoms with Gasteiger partial charge in [-0.3, -0.25) is 0 Å². The number of hydrogen-bond acceptors (Lipinski definition) is 9. The number of thioether (sulfide) groups is 2. The zero-order chi connectivity index (χ0) is 18.9. The van der Waals surface area contributed by atoms with Gasteiger partial charge in [0.2, 0.25) is 9.37 Å². The van der Waals surface area contributed by atoms with Gasteiger partial charge in [0.05, 0.1) is 19.4 Å². The van der Waals surface area contributed by atoms with Crippen LogP contribution < -0.4 is 5.01 Å². The number of esters is 2. The van der Waals surface area contributed by atoms with Gasteiger partial charge in [-0.25, -0.2) is 14.6 Å². The molecule has 0 fully saturated rings. The highest BCUT2D eigenvalue weighted by Crippen LogP contribution is 2.58. The molecule has 2 aliphatic rings. The number of carbonyl (C=O) groups is 2. The summed E-state index contributed by atoms with van der Waals surface area (Å²) < 4.78 is 9.19. The third-order valence-corrected chi connectivity index (χ3v) is 7.03. The van der Waals surface area contributed by atoms with Crippen molar-refractivity contribution in [1.29, 1.82) is 0 Å². The number of anilines is 1. The van der Waals surface area contributed by atoms with Crippen LogP contribution in [-0.4, -0.2) is 47.0 Å². The summed E-state index contributed by atoms with van der Waals surface area (Å²) in [5.41, 5.74) is 1.57. The highest BCUT2D eigenvalue weighted by Gasteiger charge is 2.56. The number of nitrogens with zero attached hydrogens (tertiary/aromatic N) is 3. The first kappa shape index (κ1) is 18.7. The molecular weight excluding hydrogens is 374 g/mol. The van der Waals surface area contributed by atoms with Crippen LogP contribution in [0.15, 0.2) is 46.0 Å². The number of carbonyl (C=O) groups excluding carboxylic acids is 2. The topological polar surface area (TPSA) is 71.4 Å². The number of rotatable bonds is 4. The normalized spacial score (nSPS) is 22.1. The highest BCUT2D eigenvalue weighted by molar-refractivity contribution is 8.28. The van der Waals surface area contributed by atoms with Crippen LogP contribution in [0.3, 0.4) is 0 Å². The average Bonchev–Trinajstić information content (AvgIpc) is 3.16. The Morgan fingerprint density at radius 2 is 1.88 bits per heavy atom. The minimum Gasteiger partial charge on any atom is -0.464 e. The van der Waals surface area contributed by atoms with E-state index in [1.54, 1.807) is 11.9 Å². The summed E-state index contributed by atoms with van der Waals surface area (Å²) >= 11 is 2.57. The van der Waals surface area contributed by atoms with Gasteiger partial charge in [0.1, 0.15) is 4.91 Å². The van der Waals surface area contributed by atoms with Crippen LogP contribution in [0, 0.1) is 0 Å². The average molecular weight is 393 g/mol. The van der Waals surface area contributed by atoms with Crippen molar-refractivity contribution >= 4 is 46.2 Å². The first-order valence-electron chi connectivity index (χ1n) is 7.96. The maximum atomic E-state index is 12.4. The zero-order valence-corrected chi connectivity index (χ0v) is 16.5. The Kier molecular flexibility index (Phi) is 5.19. The molecule has 2 heterocycles. The lowest BCUT2D eigenvalue weighted by Crippen LogP contribution is -2.47. The molecule has 0 bridgehead atoms. The summed E-state index contributed by atoms with van der Waals surface area (Å²) in [4.78, 5) is 26.9. The molecule has 0 amide bonds. The quantitative estimate of drug-likeness (QED) is 0.723. The fourth-order valence-electron chi connectivity index (χ4n) is 2.60. The second-order valence-electron chi connectivity index (χ2n) is 5.49. The van der Waals surface area contributed by atoms with Crippen LogP contribution in [0.2, 0.25) is 0 Å². The summed E-state index contributed by atoms with van der Waals surface area (Å²) in [7, 11) is 3.19. The zero-order valence-electron chi connectivity index (χ0n) is 14.9. The Labute approximate surface area is 160 Å². The predicted molar refractivity (Wildman–Crippen MR) is 103 cm³/mol. The maximum Gasteiger partial charge on any atom is 0.365 e. The smallest absolute Gasteiger partial charge is 0.365 e. The number of methoxy groups -OCH3 is 1. The number of allylic oxidation sites excluding steroid dienone is 1. The molecular formula is C17H19N3O4S2. The van der Waals surface area contributed by atoms with Crippen molar-refractivity contribution < 1.29 is 19.1 Å². The van der Waals surface area contributed by atoms with Crippen molar-refractivity contribution in [2.75, 3.05) is 25.8 Å². The van der Waals surface area contributed by atoms with E-state index in [0.717, 1.165) is 11.4 Å². The van der Waals surface area contributed by atoms with E-state index in [2.05, 4.69) is 5.10 Å². The molecule has 1 spiro atoms. The van der Waals surface area contributed by atoms with E-state index in [1.165, 1.54) is 30.6 Å². The Bertz CT molecular complexity index is 796. The van der Waals surface area contributed by atoms with Gasteiger partial charge in [-0.2, -0.15) is 5.10 Å². The highest BCUT2D eigenvalue weighted by atomic mass is 32.2. The molecule has 0 N–H and O–H groups in total. The van der Waals surface area contributed by atoms with E-state index in [4.69, 9.17) is 9.47 Å². The number of benzene rings is 1. The second-order valence-corrected chi connectivity index (χ2v) is 8.09. The van der Waals surface area contributed by atoms with E-state index >= 15 is 0 Å². The van der Waals surface area contributed by atoms with E-state index in [-0.39, 0.29) is 11.0 Å². The van der Waals surface area contributed by atoms with Gasteiger partial charge in [0, 0.05) is 12.7 Å². The molecule has 0 aromatic heterocycles. The Balaban J connectivity index is 2.02. The molecule has 0 saturated carbocycles. The van der Waals surface area contributed by atoms with Crippen molar-refractivity contribution in [1.82, 2.24) is 4.90 Å². The van der Waals surface area contributed by atoms with Crippen LogP contribution >= 0.6 is 23.5 Å². The molecule has 138 valence electrons. The SMILES string of the molecule is CCOC(=O)C1=C(C)N(C)[C@]2(SC(C(=O)OC)=NN2c2ccccc2)S1. The van der Waals surface area contributed by atoms with Crippen LogP contribution in [0.25, 0.3) is 0 Å². The molecule has 7 nitrogen and oxygen atoms in total. The molecule has 1 aromatic rings. The fourth-order valence-corrected chi connectivity index (χ4v) is 5.50. The minimum atomic E-state index is -0.836. The monoisotopic (exact) mass is 393 g/mol. The molecule has 9 heteroatoms. The van der Waals surface area contributed by atoms with Gasteiger partial charge in [-0.05, 0) is 37.7 Å². The standard InChI is InChI=1S/C17H19N3O4S2/c1-5-24-15(21)13-11(2)19(3)17(25-13)20(12-9-7-6-8-10-12)18-14(26-17)16(22)23-4/h6-10H,5H2,1-4H3/t17-/m1/s1. The summed E-state index contributed by atoms with van der Waals surface area (Å²) in [5.74, 6) is -0.886. The van der Waals surface area contributed by atoms with Gasteiger partial charge in [0.25, 0.3) is 0 Å². The molecule has 26 heavy (non-hydrogen) atoms. The van der Waals surface area contributed by atoms with E-state index < -0.39 is 10.3 Å². The lowest BCUT2D eigenvalue weighted by atomic mass is 10.3. The summed E-state index contributed by atoms with van der Waals surface area (Å²) in [6.07, 6.45) is 0. The van der Waals surface area contributed by atoms with Crippen LogP contribution in [-0.2, 0) is 19.1 Å². The van der Waals surface area contributed by atoms with Crippen LogP contribution in [0.4, 0.5) is 5.69 Å². The number of ether oxygens (including phenoxy) is 2. The van der Waals surface area contributed by atoms with Crippen molar-refractivity contribution in [3.63, 3.8) is 0 Å². The van der Waals surface area contributed by atoms with Gasteiger partial charge < -0.3 is 14.4 Å². The number of hydrazone groups is 1. The third kappa shape index (κ3) is 2.95. The first-order chi connectivity index (χ1) is 12.4. The fraction of sp³-hybridized carbons (Fsp3) is 0.353. The van der Waals surface area contributed by atoms with Crippen molar-refractivity contribution in [3.8, 4) is 0 Å². The van der Waals surface area contributed by atoms with Crippen LogP contribution in [0.1, 0.15) is 13.8 Å². The second kappa shape index (κ2) is 7.24. The van der Waals surface area contributed by atoms with Gasteiger partial charge in [0.15, 0.2) is 0 Å². The van der Waals surface area contributed by atoms with Gasteiger partial charge in [-0.15, -0.1) is 0 Å². The van der Waals surface area contributed by atoms with E-state index in [9.17, 15) is 9.59 Å². The minimum absolute atomic E-state index is 0.230. The van der Waals surface area contributed by atoms with Gasteiger partial charge in [-0.1, -0.05) is 30.0 Å². The predicted octanol–water partition coefficient (Wildman–Crippen LogP) is 2.81. The molecule has 0 saturated heterocycles. The molecule has 0 radical (unpaired) electrons. The largest absolute Gasteiger partial charge is 0.464 e. The summed E-state index contributed by atoms with van der Waals surface area (Å²) in [5, 5.41) is 6.46. The third-order valence-electron chi connectivity index (χ3n) is 4.00. The molecule has 3 rings (SSSR count). The Morgan fingerprint density at radius 3 is 2.50 bits per heavy atom. The summed E-state index contributed by atoms with van der Waals surface area (Å²) in [6.45, 7) is 3.92. The molecule has 1 atom stereocenters. The summed E-state index contributed by atoms with van der Waals surface area (Å²) in [6, 6.07) is 9.50. The van der Waals surface area contributed by atoms with E-state index in [1.807, 2.05) is 49.2 Å². The first-order valence-corrected chi connectivity index (χ1v) is 9.60. The number of hydrogen-bond donors (Lipinski definition) is 0. The Morgan fingerprint density at radius 1 is 1.19 bits per heavy atom. The maximum absolute atomic E-state index is 12.4. The number of para-hydroxylation sites is 1. The Hall–Kier alpha value is -2.13. The molecule has 0 unspecified atom stereocenters. The van der Waals surface area contributed by atoms with Gasteiger partial charge >= 0.3 is 11.9 Å².